The maximum atomic E-state index is 13.5. The van der Waals surface area contributed by atoms with Crippen LogP contribution in [0.1, 0.15) is 18.4 Å². The van der Waals surface area contributed by atoms with Gasteiger partial charge in [-0.15, -0.1) is 0 Å². The van der Waals surface area contributed by atoms with Crippen molar-refractivity contribution < 1.29 is 13.5 Å². The predicted molar refractivity (Wildman–Crippen MR) is 103 cm³/mol. The summed E-state index contributed by atoms with van der Waals surface area (Å²) in [7, 11) is 0. The average molecular weight is 389 g/mol. The molecular formula is C20H25F2N5O. The van der Waals surface area contributed by atoms with Gasteiger partial charge in [0.15, 0.2) is 11.6 Å². The quantitative estimate of drug-likeness (QED) is 0.849. The van der Waals surface area contributed by atoms with Crippen molar-refractivity contribution in [2.24, 2.45) is 0 Å². The van der Waals surface area contributed by atoms with Crippen molar-refractivity contribution in [2.75, 3.05) is 49.6 Å². The highest BCUT2D eigenvalue weighted by Crippen LogP contribution is 2.19. The van der Waals surface area contributed by atoms with E-state index in [1.54, 1.807) is 12.3 Å². The van der Waals surface area contributed by atoms with E-state index in [4.69, 9.17) is 4.74 Å². The third-order valence-electron chi connectivity index (χ3n) is 5.18. The number of nitrogens with one attached hydrogen (secondary N) is 1. The first-order valence-electron chi connectivity index (χ1n) is 9.76. The molecule has 1 unspecified atom stereocenters. The molecule has 2 fully saturated rings. The Morgan fingerprint density at radius 2 is 1.96 bits per heavy atom. The Balaban J connectivity index is 1.36. The first kappa shape index (κ1) is 19.0. The second-order valence-electron chi connectivity index (χ2n) is 7.31. The van der Waals surface area contributed by atoms with E-state index in [0.29, 0.717) is 19.8 Å². The molecule has 0 amide bonds. The summed E-state index contributed by atoms with van der Waals surface area (Å²) in [5.41, 5.74) is 0.788. The van der Waals surface area contributed by atoms with E-state index in [-0.39, 0.29) is 6.04 Å². The van der Waals surface area contributed by atoms with Gasteiger partial charge < -0.3 is 15.0 Å². The summed E-state index contributed by atoms with van der Waals surface area (Å²) < 4.78 is 32.0. The van der Waals surface area contributed by atoms with Crippen LogP contribution in [0.2, 0.25) is 0 Å². The van der Waals surface area contributed by atoms with E-state index in [1.807, 2.05) is 6.07 Å². The van der Waals surface area contributed by atoms with Gasteiger partial charge >= 0.3 is 0 Å². The third-order valence-corrected chi connectivity index (χ3v) is 5.18. The SMILES string of the molecule is Fc1ccc(CN2CCCC(Nc3ccnc(N4CCOCC4)n3)C2)cc1F. The van der Waals surface area contributed by atoms with Crippen LogP contribution >= 0.6 is 0 Å². The Labute approximate surface area is 163 Å². The number of ether oxygens (including phenoxy) is 1. The molecule has 3 heterocycles. The largest absolute Gasteiger partial charge is 0.378 e. The Kier molecular flexibility index (Phi) is 5.97. The Morgan fingerprint density at radius 3 is 2.79 bits per heavy atom. The zero-order valence-electron chi connectivity index (χ0n) is 15.8. The smallest absolute Gasteiger partial charge is 0.227 e. The van der Waals surface area contributed by atoms with Crippen LogP contribution in [-0.2, 0) is 11.3 Å². The van der Waals surface area contributed by atoms with Gasteiger partial charge in [0.05, 0.1) is 13.2 Å². The standard InChI is InChI=1S/C20H25F2N5O/c21-17-4-3-15(12-18(17)22)13-26-7-1-2-16(14-26)24-19-5-6-23-20(25-19)27-8-10-28-11-9-27/h3-6,12,16H,1-2,7-11,13-14H2,(H,23,24,25). The molecule has 0 spiro atoms. The van der Waals surface area contributed by atoms with Gasteiger partial charge in [-0.05, 0) is 43.1 Å². The van der Waals surface area contributed by atoms with Crippen molar-refractivity contribution >= 4 is 11.8 Å². The Bertz CT molecular complexity index is 800. The summed E-state index contributed by atoms with van der Waals surface area (Å²) in [6.07, 6.45) is 3.87. The predicted octanol–water partition coefficient (Wildman–Crippen LogP) is 2.67. The van der Waals surface area contributed by atoms with Gasteiger partial charge in [-0.3, -0.25) is 4.90 Å². The summed E-state index contributed by atoms with van der Waals surface area (Å²) in [6, 6.07) is 6.27. The number of hydrogen-bond acceptors (Lipinski definition) is 6. The Morgan fingerprint density at radius 1 is 1.11 bits per heavy atom. The zero-order chi connectivity index (χ0) is 19.3. The first-order valence-corrected chi connectivity index (χ1v) is 9.76. The minimum atomic E-state index is -0.804. The number of piperidine rings is 1. The van der Waals surface area contributed by atoms with Gasteiger partial charge in [0, 0.05) is 38.4 Å². The van der Waals surface area contributed by atoms with Crippen LogP contribution in [-0.4, -0.2) is 60.3 Å². The number of hydrogen-bond donors (Lipinski definition) is 1. The topological polar surface area (TPSA) is 53.5 Å². The molecule has 8 heteroatoms. The molecule has 4 rings (SSSR count). The molecule has 2 aliphatic heterocycles. The number of nitrogens with zero attached hydrogens (tertiary/aromatic N) is 4. The van der Waals surface area contributed by atoms with E-state index in [0.717, 1.165) is 56.4 Å². The summed E-state index contributed by atoms with van der Waals surface area (Å²) >= 11 is 0. The zero-order valence-corrected chi connectivity index (χ0v) is 15.8. The minimum Gasteiger partial charge on any atom is -0.378 e. The highest BCUT2D eigenvalue weighted by Gasteiger charge is 2.21. The number of aromatic nitrogens is 2. The highest BCUT2D eigenvalue weighted by atomic mass is 19.2. The number of morpholine rings is 1. The lowest BCUT2D eigenvalue weighted by molar-refractivity contribution is 0.122. The number of anilines is 2. The van der Waals surface area contributed by atoms with Crippen LogP contribution in [0.15, 0.2) is 30.5 Å². The summed E-state index contributed by atoms with van der Waals surface area (Å²) in [5, 5.41) is 3.51. The van der Waals surface area contributed by atoms with Crippen molar-refractivity contribution in [3.05, 3.63) is 47.7 Å². The fourth-order valence-corrected chi connectivity index (χ4v) is 3.77. The van der Waals surface area contributed by atoms with Crippen molar-refractivity contribution in [3.63, 3.8) is 0 Å². The molecule has 1 N–H and O–H groups in total. The molecule has 2 aliphatic rings. The third kappa shape index (κ3) is 4.74. The molecular weight excluding hydrogens is 364 g/mol. The van der Waals surface area contributed by atoms with Crippen LogP contribution in [0.5, 0.6) is 0 Å². The molecule has 150 valence electrons. The Hall–Kier alpha value is -2.32. The first-order chi connectivity index (χ1) is 13.7. The maximum Gasteiger partial charge on any atom is 0.227 e. The van der Waals surface area contributed by atoms with Crippen molar-refractivity contribution in [2.45, 2.75) is 25.4 Å². The van der Waals surface area contributed by atoms with E-state index in [9.17, 15) is 8.78 Å². The number of rotatable bonds is 5. The van der Waals surface area contributed by atoms with Crippen molar-refractivity contribution in [3.8, 4) is 0 Å². The lowest BCUT2D eigenvalue weighted by atomic mass is 10.0. The number of benzene rings is 1. The lowest BCUT2D eigenvalue weighted by Gasteiger charge is -2.33. The van der Waals surface area contributed by atoms with E-state index in [1.165, 1.54) is 12.1 Å². The molecule has 1 atom stereocenters. The van der Waals surface area contributed by atoms with Gasteiger partial charge in [-0.25, -0.2) is 13.8 Å². The molecule has 28 heavy (non-hydrogen) atoms. The molecule has 0 aliphatic carbocycles. The van der Waals surface area contributed by atoms with Gasteiger partial charge in [0.25, 0.3) is 0 Å². The molecule has 1 aromatic heterocycles. The second-order valence-corrected chi connectivity index (χ2v) is 7.31. The molecule has 6 nitrogen and oxygen atoms in total. The molecule has 1 aromatic carbocycles. The lowest BCUT2D eigenvalue weighted by Crippen LogP contribution is -2.42. The molecule has 2 aromatic rings. The fraction of sp³-hybridized carbons (Fsp3) is 0.500. The monoisotopic (exact) mass is 389 g/mol. The normalized spacial score (nSPS) is 20.9. The number of likely N-dealkylation sites (tertiary alicyclic amines) is 1. The van der Waals surface area contributed by atoms with Crippen LogP contribution < -0.4 is 10.2 Å². The minimum absolute atomic E-state index is 0.256. The van der Waals surface area contributed by atoms with Gasteiger partial charge in [-0.1, -0.05) is 6.07 Å². The van der Waals surface area contributed by atoms with E-state index in [2.05, 4.69) is 25.1 Å². The fourth-order valence-electron chi connectivity index (χ4n) is 3.77. The molecule has 2 saturated heterocycles. The summed E-state index contributed by atoms with van der Waals surface area (Å²) in [6.45, 7) is 5.38. The highest BCUT2D eigenvalue weighted by molar-refractivity contribution is 5.42. The maximum absolute atomic E-state index is 13.5. The number of halogens is 2. The van der Waals surface area contributed by atoms with Crippen LogP contribution in [0.4, 0.5) is 20.5 Å². The van der Waals surface area contributed by atoms with Gasteiger partial charge in [0.1, 0.15) is 5.82 Å². The van der Waals surface area contributed by atoms with Crippen molar-refractivity contribution in [1.82, 2.24) is 14.9 Å². The summed E-state index contributed by atoms with van der Waals surface area (Å²) in [4.78, 5) is 13.4. The molecule has 0 radical (unpaired) electrons. The molecule has 0 saturated carbocycles. The van der Waals surface area contributed by atoms with Crippen LogP contribution in [0.3, 0.4) is 0 Å². The van der Waals surface area contributed by atoms with Crippen LogP contribution in [0.25, 0.3) is 0 Å². The van der Waals surface area contributed by atoms with E-state index >= 15 is 0 Å². The van der Waals surface area contributed by atoms with Gasteiger partial charge in [0.2, 0.25) is 5.95 Å². The molecule has 0 bridgehead atoms. The second kappa shape index (κ2) is 8.79. The van der Waals surface area contributed by atoms with E-state index < -0.39 is 11.6 Å². The average Bonchev–Trinajstić information content (AvgIpc) is 2.72. The van der Waals surface area contributed by atoms with Crippen molar-refractivity contribution in [1.29, 1.82) is 0 Å². The van der Waals surface area contributed by atoms with Gasteiger partial charge in [-0.2, -0.15) is 4.98 Å². The van der Waals surface area contributed by atoms with Crippen LogP contribution in [0, 0.1) is 11.6 Å². The summed E-state index contributed by atoms with van der Waals surface area (Å²) in [5.74, 6) is -0.0542.